The minimum Gasteiger partial charge on any atom is -0.485 e. The first-order valence-corrected chi connectivity index (χ1v) is 6.44. The summed E-state index contributed by atoms with van der Waals surface area (Å²) in [4.78, 5) is 11.2. The van der Waals surface area contributed by atoms with Gasteiger partial charge in [-0.25, -0.2) is 0 Å². The summed E-state index contributed by atoms with van der Waals surface area (Å²) >= 11 is 15.2. The van der Waals surface area contributed by atoms with Crippen LogP contribution in [0.25, 0.3) is 0 Å². The van der Waals surface area contributed by atoms with Crippen LogP contribution in [0.1, 0.15) is 6.42 Å². The summed E-state index contributed by atoms with van der Waals surface area (Å²) in [6, 6.07) is 3.27. The van der Waals surface area contributed by atoms with Crippen LogP contribution in [-0.2, 0) is 9.53 Å². The molecule has 6 heteroatoms. The zero-order valence-electron chi connectivity index (χ0n) is 8.88. The second-order valence-corrected chi connectivity index (χ2v) is 5.35. The molecule has 1 aliphatic carbocycles. The third-order valence-corrected chi connectivity index (χ3v) is 4.06. The zero-order valence-corrected chi connectivity index (χ0v) is 12.0. The van der Waals surface area contributed by atoms with Gasteiger partial charge in [0.2, 0.25) is 0 Å². The summed E-state index contributed by atoms with van der Waals surface area (Å²) in [6.07, 6.45) is -0.460. The Bertz CT molecular complexity index is 464. The molecular formula is C11H9BrCl2O3. The second kappa shape index (κ2) is 5.14. The molecule has 2 unspecified atom stereocenters. The molecule has 2 atom stereocenters. The van der Waals surface area contributed by atoms with E-state index in [-0.39, 0.29) is 11.9 Å². The van der Waals surface area contributed by atoms with E-state index in [0.29, 0.717) is 26.7 Å². The predicted octanol–water partition coefficient (Wildman–Crippen LogP) is 3.49. The van der Waals surface area contributed by atoms with Crippen molar-refractivity contribution in [2.24, 2.45) is 0 Å². The van der Waals surface area contributed by atoms with Gasteiger partial charge < -0.3 is 9.47 Å². The molecule has 17 heavy (non-hydrogen) atoms. The van der Waals surface area contributed by atoms with Gasteiger partial charge in [-0.15, -0.1) is 0 Å². The van der Waals surface area contributed by atoms with E-state index in [1.54, 1.807) is 12.1 Å². The van der Waals surface area contributed by atoms with Crippen LogP contribution >= 0.6 is 39.1 Å². The second-order valence-electron chi connectivity index (χ2n) is 3.68. The van der Waals surface area contributed by atoms with Crippen LogP contribution in [-0.4, -0.2) is 25.1 Å². The molecule has 0 aliphatic heterocycles. The van der Waals surface area contributed by atoms with Crippen LogP contribution in [0.5, 0.6) is 5.75 Å². The summed E-state index contributed by atoms with van der Waals surface area (Å²) in [6.45, 7) is 0. The topological polar surface area (TPSA) is 35.5 Å². The number of benzene rings is 1. The van der Waals surface area contributed by atoms with Crippen LogP contribution < -0.4 is 4.74 Å². The zero-order chi connectivity index (χ0) is 12.6. The van der Waals surface area contributed by atoms with E-state index in [1.165, 1.54) is 7.11 Å². The minimum absolute atomic E-state index is 0.0387. The Hall–Kier alpha value is -0.290. The Morgan fingerprint density at radius 2 is 2.06 bits per heavy atom. The molecule has 0 saturated heterocycles. The van der Waals surface area contributed by atoms with E-state index >= 15 is 0 Å². The number of carbonyl (C=O) groups excluding carboxylic acids is 1. The third kappa shape index (κ3) is 2.60. The lowest BCUT2D eigenvalue weighted by Gasteiger charge is -2.33. The molecule has 0 amide bonds. The number of ketones is 1. The molecule has 92 valence electrons. The molecule has 0 N–H and O–H groups in total. The lowest BCUT2D eigenvalue weighted by molar-refractivity contribution is -0.150. The summed E-state index contributed by atoms with van der Waals surface area (Å²) in [5, 5.41) is 0.944. The van der Waals surface area contributed by atoms with Crippen molar-refractivity contribution in [2.45, 2.75) is 18.6 Å². The SMILES string of the molecule is COC1C(=O)CC1Oc1cc(Cl)c(Br)cc1Cl. The van der Waals surface area contributed by atoms with Crippen molar-refractivity contribution in [3.05, 3.63) is 26.7 Å². The van der Waals surface area contributed by atoms with Gasteiger partial charge in [0, 0.05) is 24.1 Å². The van der Waals surface area contributed by atoms with Gasteiger partial charge in [-0.3, -0.25) is 4.79 Å². The van der Waals surface area contributed by atoms with E-state index in [1.807, 2.05) is 0 Å². The van der Waals surface area contributed by atoms with Crippen molar-refractivity contribution in [3.8, 4) is 5.75 Å². The van der Waals surface area contributed by atoms with Crippen molar-refractivity contribution in [1.29, 1.82) is 0 Å². The van der Waals surface area contributed by atoms with Crippen molar-refractivity contribution in [2.75, 3.05) is 7.11 Å². The normalized spacial score (nSPS) is 23.4. The van der Waals surface area contributed by atoms with Crippen LogP contribution in [0.3, 0.4) is 0 Å². The number of methoxy groups -OCH3 is 1. The molecule has 1 fully saturated rings. The Labute approximate surface area is 117 Å². The van der Waals surface area contributed by atoms with Crippen LogP contribution in [0.4, 0.5) is 0 Å². The predicted molar refractivity (Wildman–Crippen MR) is 69.0 cm³/mol. The maximum absolute atomic E-state index is 11.2. The molecule has 1 saturated carbocycles. The number of hydrogen-bond acceptors (Lipinski definition) is 3. The van der Waals surface area contributed by atoms with Crippen molar-refractivity contribution < 1.29 is 14.3 Å². The summed E-state index contributed by atoms with van der Waals surface area (Å²) in [5.74, 6) is 0.497. The van der Waals surface area contributed by atoms with Gasteiger partial charge in [0.1, 0.15) is 11.9 Å². The number of halogens is 3. The van der Waals surface area contributed by atoms with E-state index in [9.17, 15) is 4.79 Å². The van der Waals surface area contributed by atoms with Gasteiger partial charge in [-0.1, -0.05) is 23.2 Å². The molecule has 0 bridgehead atoms. The summed E-state index contributed by atoms with van der Waals surface area (Å²) in [7, 11) is 1.48. The van der Waals surface area contributed by atoms with Gasteiger partial charge in [0.15, 0.2) is 11.9 Å². The Kier molecular flexibility index (Phi) is 3.98. The maximum Gasteiger partial charge on any atom is 0.169 e. The Balaban J connectivity index is 2.14. The highest BCUT2D eigenvalue weighted by atomic mass is 79.9. The van der Waals surface area contributed by atoms with Crippen molar-refractivity contribution in [3.63, 3.8) is 0 Å². The largest absolute Gasteiger partial charge is 0.485 e. The number of ether oxygens (including phenoxy) is 2. The molecular weight excluding hydrogens is 331 g/mol. The Morgan fingerprint density at radius 3 is 2.65 bits per heavy atom. The maximum atomic E-state index is 11.2. The molecule has 0 radical (unpaired) electrons. The molecule has 0 spiro atoms. The number of Topliss-reactive ketones (excluding diaryl/α,β-unsaturated/α-hetero) is 1. The molecule has 1 aromatic carbocycles. The van der Waals surface area contributed by atoms with E-state index < -0.39 is 6.10 Å². The third-order valence-electron chi connectivity index (χ3n) is 2.56. The van der Waals surface area contributed by atoms with Crippen molar-refractivity contribution >= 4 is 44.9 Å². The first-order chi connectivity index (χ1) is 8.02. The first-order valence-electron chi connectivity index (χ1n) is 4.89. The van der Waals surface area contributed by atoms with Gasteiger partial charge in [-0.05, 0) is 22.0 Å². The van der Waals surface area contributed by atoms with E-state index in [4.69, 9.17) is 32.7 Å². The lowest BCUT2D eigenvalue weighted by Crippen LogP contribution is -2.51. The molecule has 1 aliphatic rings. The summed E-state index contributed by atoms with van der Waals surface area (Å²) < 4.78 is 11.3. The first kappa shape index (κ1) is 13.1. The van der Waals surface area contributed by atoms with Gasteiger partial charge in [0.05, 0.1) is 10.0 Å². The van der Waals surface area contributed by atoms with E-state index in [2.05, 4.69) is 15.9 Å². The molecule has 1 aromatic rings. The minimum atomic E-state index is -0.506. The smallest absolute Gasteiger partial charge is 0.169 e. The fraction of sp³-hybridized carbons (Fsp3) is 0.364. The summed E-state index contributed by atoms with van der Waals surface area (Å²) in [5.41, 5.74) is 0. The van der Waals surface area contributed by atoms with Crippen molar-refractivity contribution in [1.82, 2.24) is 0 Å². The highest BCUT2D eigenvalue weighted by molar-refractivity contribution is 9.10. The fourth-order valence-corrected chi connectivity index (χ4v) is 2.45. The van der Waals surface area contributed by atoms with Gasteiger partial charge in [0.25, 0.3) is 0 Å². The number of hydrogen-bond donors (Lipinski definition) is 0. The van der Waals surface area contributed by atoms with Gasteiger partial charge in [-0.2, -0.15) is 0 Å². The highest BCUT2D eigenvalue weighted by Gasteiger charge is 2.42. The average Bonchev–Trinajstić information content (AvgIpc) is 2.25. The monoisotopic (exact) mass is 338 g/mol. The fourth-order valence-electron chi connectivity index (χ4n) is 1.61. The quantitative estimate of drug-likeness (QED) is 0.791. The molecule has 0 aromatic heterocycles. The lowest BCUT2D eigenvalue weighted by atomic mass is 9.90. The van der Waals surface area contributed by atoms with Gasteiger partial charge >= 0.3 is 0 Å². The molecule has 2 rings (SSSR count). The average molecular weight is 340 g/mol. The van der Waals surface area contributed by atoms with E-state index in [0.717, 1.165) is 0 Å². The Morgan fingerprint density at radius 1 is 1.35 bits per heavy atom. The molecule has 0 heterocycles. The van der Waals surface area contributed by atoms with Crippen LogP contribution in [0.2, 0.25) is 10.0 Å². The number of rotatable bonds is 3. The number of carbonyl (C=O) groups is 1. The highest BCUT2D eigenvalue weighted by Crippen LogP contribution is 2.36. The molecule has 3 nitrogen and oxygen atoms in total. The van der Waals surface area contributed by atoms with Crippen LogP contribution in [0.15, 0.2) is 16.6 Å². The standard InChI is InChI=1S/C11H9BrCl2O3/c1-16-11-8(15)4-10(11)17-9-3-6(13)5(12)2-7(9)14/h2-3,10-11H,4H2,1H3. The van der Waals surface area contributed by atoms with Crippen LogP contribution in [0, 0.1) is 0 Å².